The topological polar surface area (TPSA) is 39.4 Å². The van der Waals surface area contributed by atoms with Crippen molar-refractivity contribution in [3.8, 4) is 28.7 Å². The Bertz CT molecular complexity index is 1220. The summed E-state index contributed by atoms with van der Waals surface area (Å²) in [6.45, 7) is 2.05. The van der Waals surface area contributed by atoms with E-state index in [1.807, 2.05) is 67.6 Å². The number of methoxy groups -OCH3 is 1. The molecular weight excluding hydrogens is 348 g/mol. The minimum atomic E-state index is 0.285. The maximum absolute atomic E-state index is 11.7. The molecule has 0 amide bonds. The normalized spacial score (nSPS) is 10.4. The van der Waals surface area contributed by atoms with Crippen LogP contribution in [-0.2, 0) is 0 Å². The molecule has 0 atom stereocenters. The minimum absolute atomic E-state index is 0.285. The van der Waals surface area contributed by atoms with Crippen LogP contribution in [0.1, 0.15) is 27.2 Å². The summed E-state index contributed by atoms with van der Waals surface area (Å²) in [6.07, 6.45) is 0.742. The Balaban J connectivity index is 1.87. The molecule has 4 rings (SSSR count). The Morgan fingerprint density at radius 1 is 0.964 bits per heavy atom. The van der Waals surface area contributed by atoms with Crippen LogP contribution in [0.15, 0.2) is 71.1 Å². The molecule has 0 aliphatic rings. The van der Waals surface area contributed by atoms with Crippen molar-refractivity contribution < 1.29 is 13.9 Å². The van der Waals surface area contributed by atoms with Crippen LogP contribution in [0, 0.1) is 18.8 Å². The van der Waals surface area contributed by atoms with Gasteiger partial charge in [0.25, 0.3) is 0 Å². The third-order valence-corrected chi connectivity index (χ3v) is 4.62. The lowest BCUT2D eigenvalue weighted by atomic mass is 9.97. The monoisotopic (exact) mass is 366 g/mol. The summed E-state index contributed by atoms with van der Waals surface area (Å²) in [7, 11) is 1.60. The van der Waals surface area contributed by atoms with Gasteiger partial charge in [-0.2, -0.15) is 0 Å². The summed E-state index contributed by atoms with van der Waals surface area (Å²) < 4.78 is 11.0. The van der Waals surface area contributed by atoms with Crippen molar-refractivity contribution in [3.63, 3.8) is 0 Å². The number of furan rings is 1. The zero-order chi connectivity index (χ0) is 19.5. The van der Waals surface area contributed by atoms with Crippen LogP contribution in [-0.4, -0.2) is 13.4 Å². The van der Waals surface area contributed by atoms with Crippen molar-refractivity contribution >= 4 is 17.3 Å². The summed E-state index contributed by atoms with van der Waals surface area (Å²) in [5.74, 6) is 7.41. The lowest BCUT2D eigenvalue weighted by molar-refractivity contribution is 0.110. The molecule has 0 aliphatic carbocycles. The Morgan fingerprint density at radius 2 is 1.75 bits per heavy atom. The van der Waals surface area contributed by atoms with Crippen LogP contribution in [0.2, 0.25) is 0 Å². The Labute approximate surface area is 163 Å². The van der Waals surface area contributed by atoms with Gasteiger partial charge in [-0.05, 0) is 37.3 Å². The summed E-state index contributed by atoms with van der Waals surface area (Å²) in [6, 6.07) is 21.4. The molecule has 3 heteroatoms. The van der Waals surface area contributed by atoms with Crippen molar-refractivity contribution in [3.05, 3.63) is 89.2 Å². The maximum Gasteiger partial charge on any atom is 0.186 e. The summed E-state index contributed by atoms with van der Waals surface area (Å²) in [5.41, 5.74) is 5.21. The second-order valence-corrected chi connectivity index (χ2v) is 6.48. The lowest BCUT2D eigenvalue weighted by Gasteiger charge is -2.04. The molecule has 136 valence electrons. The third kappa shape index (κ3) is 3.28. The molecule has 3 aromatic carbocycles. The Morgan fingerprint density at radius 3 is 2.50 bits per heavy atom. The number of carbonyl (C=O) groups is 1. The molecule has 0 saturated heterocycles. The molecule has 0 unspecified atom stereocenters. The van der Waals surface area contributed by atoms with E-state index in [2.05, 4.69) is 11.8 Å². The molecule has 0 bridgehead atoms. The van der Waals surface area contributed by atoms with Gasteiger partial charge in [0.1, 0.15) is 11.3 Å². The lowest BCUT2D eigenvalue weighted by Crippen LogP contribution is -1.88. The van der Waals surface area contributed by atoms with Crippen LogP contribution in [0.3, 0.4) is 0 Å². The first-order valence-corrected chi connectivity index (χ1v) is 8.93. The first-order valence-electron chi connectivity index (χ1n) is 8.93. The average molecular weight is 366 g/mol. The predicted molar refractivity (Wildman–Crippen MR) is 111 cm³/mol. The molecule has 0 fully saturated rings. The van der Waals surface area contributed by atoms with Gasteiger partial charge in [0.2, 0.25) is 0 Å². The summed E-state index contributed by atoms with van der Waals surface area (Å²) >= 11 is 0. The van der Waals surface area contributed by atoms with Gasteiger partial charge in [-0.25, -0.2) is 0 Å². The SMILES string of the molecule is COc1ccc2c(-c3ccccc3C#Cc3ccc(C)cc3)c(C=O)oc2c1. The molecular formula is C25H18O3. The van der Waals surface area contributed by atoms with Crippen LogP contribution in [0.25, 0.3) is 22.1 Å². The number of carbonyl (C=O) groups excluding carboxylic acids is 1. The number of aldehydes is 1. The van der Waals surface area contributed by atoms with Crippen molar-refractivity contribution in [1.82, 2.24) is 0 Å². The zero-order valence-corrected chi connectivity index (χ0v) is 15.7. The van der Waals surface area contributed by atoms with Gasteiger partial charge in [0.05, 0.1) is 7.11 Å². The molecule has 0 radical (unpaired) electrons. The number of hydrogen-bond acceptors (Lipinski definition) is 3. The van der Waals surface area contributed by atoms with Gasteiger partial charge in [-0.1, -0.05) is 47.7 Å². The Kier molecular flexibility index (Phi) is 4.70. The van der Waals surface area contributed by atoms with E-state index in [-0.39, 0.29) is 5.76 Å². The van der Waals surface area contributed by atoms with E-state index in [1.54, 1.807) is 13.2 Å². The van der Waals surface area contributed by atoms with Crippen molar-refractivity contribution in [2.45, 2.75) is 6.92 Å². The second-order valence-electron chi connectivity index (χ2n) is 6.48. The summed E-state index contributed by atoms with van der Waals surface area (Å²) in [4.78, 5) is 11.7. The first kappa shape index (κ1) is 17.6. The molecule has 28 heavy (non-hydrogen) atoms. The van der Waals surface area contributed by atoms with Crippen molar-refractivity contribution in [2.24, 2.45) is 0 Å². The van der Waals surface area contributed by atoms with Gasteiger partial charge in [0.15, 0.2) is 12.0 Å². The van der Waals surface area contributed by atoms with E-state index in [0.29, 0.717) is 11.3 Å². The van der Waals surface area contributed by atoms with Crippen molar-refractivity contribution in [1.29, 1.82) is 0 Å². The number of fused-ring (bicyclic) bond motifs is 1. The molecule has 0 N–H and O–H groups in total. The van der Waals surface area contributed by atoms with Gasteiger partial charge in [-0.15, -0.1) is 0 Å². The molecule has 1 heterocycles. The van der Waals surface area contributed by atoms with Crippen LogP contribution >= 0.6 is 0 Å². The first-order chi connectivity index (χ1) is 13.7. The van der Waals surface area contributed by atoms with E-state index in [1.165, 1.54) is 5.56 Å². The van der Waals surface area contributed by atoms with Gasteiger partial charge < -0.3 is 9.15 Å². The maximum atomic E-state index is 11.7. The molecule has 4 aromatic rings. The molecule has 3 nitrogen and oxygen atoms in total. The number of ether oxygens (including phenoxy) is 1. The summed E-state index contributed by atoms with van der Waals surface area (Å²) in [5, 5.41) is 0.854. The molecule has 0 spiro atoms. The average Bonchev–Trinajstić information content (AvgIpc) is 3.11. The molecule has 0 saturated carbocycles. The predicted octanol–water partition coefficient (Wildman–Crippen LogP) is 5.63. The van der Waals surface area contributed by atoms with Gasteiger partial charge in [0, 0.05) is 33.7 Å². The number of benzene rings is 3. The van der Waals surface area contributed by atoms with E-state index in [0.717, 1.165) is 33.9 Å². The van der Waals surface area contributed by atoms with Crippen molar-refractivity contribution in [2.75, 3.05) is 7.11 Å². The highest BCUT2D eigenvalue weighted by molar-refractivity contribution is 6.03. The van der Waals surface area contributed by atoms with Crippen LogP contribution < -0.4 is 4.74 Å². The van der Waals surface area contributed by atoms with Crippen LogP contribution in [0.4, 0.5) is 0 Å². The number of aryl methyl sites for hydroxylation is 1. The highest BCUT2D eigenvalue weighted by Gasteiger charge is 2.18. The molecule has 0 aliphatic heterocycles. The van der Waals surface area contributed by atoms with E-state index in [9.17, 15) is 4.79 Å². The molecule has 1 aromatic heterocycles. The number of hydrogen-bond donors (Lipinski definition) is 0. The van der Waals surface area contributed by atoms with Gasteiger partial charge in [-0.3, -0.25) is 4.79 Å². The van der Waals surface area contributed by atoms with Gasteiger partial charge >= 0.3 is 0 Å². The van der Waals surface area contributed by atoms with E-state index in [4.69, 9.17) is 9.15 Å². The standard InChI is InChI=1S/C25H18O3/c1-17-7-9-18(10-8-17)11-12-19-5-3-4-6-21(19)25-22-14-13-20(27-2)15-23(22)28-24(25)16-26/h3-10,13-16H,1-2H3. The number of rotatable bonds is 3. The fourth-order valence-electron chi connectivity index (χ4n) is 3.17. The smallest absolute Gasteiger partial charge is 0.186 e. The largest absolute Gasteiger partial charge is 0.497 e. The highest BCUT2D eigenvalue weighted by Crippen LogP contribution is 2.37. The minimum Gasteiger partial charge on any atom is -0.497 e. The third-order valence-electron chi connectivity index (χ3n) is 4.62. The van der Waals surface area contributed by atoms with Crippen LogP contribution in [0.5, 0.6) is 5.75 Å². The fraction of sp³-hybridized carbons (Fsp3) is 0.0800. The highest BCUT2D eigenvalue weighted by atomic mass is 16.5. The van der Waals surface area contributed by atoms with E-state index >= 15 is 0 Å². The zero-order valence-electron chi connectivity index (χ0n) is 15.7. The second kappa shape index (κ2) is 7.46. The quantitative estimate of drug-likeness (QED) is 0.348. The Hall–Kier alpha value is -3.77. The van der Waals surface area contributed by atoms with E-state index < -0.39 is 0 Å². The fourth-order valence-corrected chi connectivity index (χ4v) is 3.17.